The molecular weight excluding hydrogens is 1210 g/mol. The fourth-order valence-electron chi connectivity index (χ4n) is 11.4. The Morgan fingerprint density at radius 3 is 1.18 bits per heavy atom. The van der Waals surface area contributed by atoms with Crippen molar-refractivity contribution in [3.8, 4) is 0 Å². The molecule has 3 heterocycles. The standard InChI is InChI=1S/C76H127NO18/c1-3-5-7-9-11-13-15-17-19-21-23-25-27-28-29-30-32-34-36-38-40-42-44-46-48-50-52-54-64(82)77-59(60(81)53-51-49-47-45-43-41-39-37-35-33-31-26-24-22-20-18-16-14-12-10-8-6-4-2)58-90-74-70(88)67(85)72(62(56-79)92-74)95-76-71(89)68(86)73(63(57-80)93-76)94-75-69(87)66(84)65(83)61(55-78)91-75/h5,7,11,13,17,19,23,25,28-29,32,34-35,37-38,40,43,45,51,53,59-63,65-76,78-81,83-89H,3-4,6,8-10,12,14-16,18,20-22,24,26-27,30-31,33,36,39,41-42,44,46-50,52,54-58H2,1-2H3,(H,77,82)/b7-5-,13-11-,19-17-,25-23-,29-28-,34-32-,37-35+,40-38-,45-43+,53-51+. The second-order valence-corrected chi connectivity index (χ2v) is 25.3. The Morgan fingerprint density at radius 1 is 0.389 bits per heavy atom. The van der Waals surface area contributed by atoms with Crippen LogP contribution in [0.4, 0.5) is 0 Å². The number of allylic oxidation sites excluding steroid dienone is 19. The van der Waals surface area contributed by atoms with E-state index in [1.54, 1.807) is 6.08 Å². The summed E-state index contributed by atoms with van der Waals surface area (Å²) in [6, 6.07) is -1.02. The van der Waals surface area contributed by atoms with Gasteiger partial charge in [0, 0.05) is 6.42 Å². The molecule has 0 saturated carbocycles. The minimum absolute atomic E-state index is 0.201. The third-order valence-corrected chi connectivity index (χ3v) is 17.2. The Labute approximate surface area is 569 Å². The zero-order chi connectivity index (χ0) is 68.9. The van der Waals surface area contributed by atoms with Gasteiger partial charge in [0.15, 0.2) is 18.9 Å². The van der Waals surface area contributed by atoms with E-state index in [1.807, 2.05) is 6.08 Å². The van der Waals surface area contributed by atoms with Crippen molar-refractivity contribution < 1.29 is 89.4 Å². The van der Waals surface area contributed by atoms with E-state index in [1.165, 1.54) is 83.5 Å². The SMILES string of the molecule is CC/C=C\C/C=C\C/C=C\C/C=C\C/C=C\C/C=C\C/C=C\CCCCCCCC(=O)NC(COC1OC(CO)C(OC2OC(CO)C(OC3OC(CO)C(O)C(O)C3O)C(O)C2O)C(O)C1O)C(O)/C=C/CC/C=C/CC/C=C/CCCCCCCCCCCCCCC. The second-order valence-electron chi connectivity index (χ2n) is 25.3. The second kappa shape index (κ2) is 56.0. The van der Waals surface area contributed by atoms with Crippen LogP contribution in [0, 0.1) is 0 Å². The molecule has 1 amide bonds. The van der Waals surface area contributed by atoms with Gasteiger partial charge in [-0.2, -0.15) is 0 Å². The van der Waals surface area contributed by atoms with E-state index >= 15 is 0 Å². The summed E-state index contributed by atoms with van der Waals surface area (Å²) in [5.41, 5.74) is 0. The van der Waals surface area contributed by atoms with Gasteiger partial charge in [-0.25, -0.2) is 0 Å². The van der Waals surface area contributed by atoms with Gasteiger partial charge in [0.05, 0.1) is 38.6 Å². The molecule has 19 nitrogen and oxygen atoms in total. The van der Waals surface area contributed by atoms with Crippen LogP contribution in [0.5, 0.6) is 0 Å². The normalized spacial score (nSPS) is 27.9. The lowest BCUT2D eigenvalue weighted by Gasteiger charge is -2.48. The molecule has 3 fully saturated rings. The molecule has 3 rings (SSSR count). The molecule has 17 unspecified atom stereocenters. The van der Waals surface area contributed by atoms with Crippen molar-refractivity contribution >= 4 is 5.91 Å². The van der Waals surface area contributed by atoms with Gasteiger partial charge in [0.1, 0.15) is 73.2 Å². The van der Waals surface area contributed by atoms with Gasteiger partial charge in [0.2, 0.25) is 5.91 Å². The molecule has 3 saturated heterocycles. The smallest absolute Gasteiger partial charge is 0.220 e. The number of rotatable bonds is 54. The van der Waals surface area contributed by atoms with Crippen molar-refractivity contribution in [2.45, 2.75) is 324 Å². The fraction of sp³-hybridized carbons (Fsp3) is 0.724. The minimum atomic E-state index is -1.99. The number of amides is 1. The number of hydrogen-bond acceptors (Lipinski definition) is 18. The first kappa shape index (κ1) is 85.4. The van der Waals surface area contributed by atoms with Crippen LogP contribution in [0.1, 0.15) is 219 Å². The third kappa shape index (κ3) is 37.3. The van der Waals surface area contributed by atoms with E-state index in [9.17, 15) is 61.0 Å². The van der Waals surface area contributed by atoms with Crippen LogP contribution >= 0.6 is 0 Å². The van der Waals surface area contributed by atoms with E-state index in [0.717, 1.165) is 103 Å². The maximum absolute atomic E-state index is 13.4. The highest BCUT2D eigenvalue weighted by molar-refractivity contribution is 5.76. The fourth-order valence-corrected chi connectivity index (χ4v) is 11.4. The Kier molecular flexibility index (Phi) is 50.3. The molecule has 3 aliphatic rings. The van der Waals surface area contributed by atoms with Crippen molar-refractivity contribution in [3.63, 3.8) is 0 Å². The first-order valence-electron chi connectivity index (χ1n) is 36.3. The molecule has 12 N–H and O–H groups in total. The van der Waals surface area contributed by atoms with Crippen LogP contribution in [0.25, 0.3) is 0 Å². The highest BCUT2D eigenvalue weighted by Gasteiger charge is 2.53. The van der Waals surface area contributed by atoms with Gasteiger partial charge in [-0.15, -0.1) is 0 Å². The van der Waals surface area contributed by atoms with Crippen molar-refractivity contribution in [1.82, 2.24) is 5.32 Å². The van der Waals surface area contributed by atoms with E-state index in [4.69, 9.17) is 28.4 Å². The summed E-state index contributed by atoms with van der Waals surface area (Å²) in [4.78, 5) is 13.4. The Morgan fingerprint density at radius 2 is 0.737 bits per heavy atom. The summed E-state index contributed by atoms with van der Waals surface area (Å²) < 4.78 is 34.3. The average molecular weight is 1340 g/mol. The van der Waals surface area contributed by atoms with Crippen molar-refractivity contribution in [3.05, 3.63) is 122 Å². The minimum Gasteiger partial charge on any atom is -0.394 e. The monoisotopic (exact) mass is 1340 g/mol. The summed E-state index contributed by atoms with van der Waals surface area (Å²) in [6.45, 7) is 1.57. The van der Waals surface area contributed by atoms with Crippen LogP contribution < -0.4 is 5.32 Å². The molecular formula is C76H127NO18. The maximum Gasteiger partial charge on any atom is 0.220 e. The summed E-state index contributed by atoms with van der Waals surface area (Å²) >= 11 is 0. The largest absolute Gasteiger partial charge is 0.394 e. The van der Waals surface area contributed by atoms with Gasteiger partial charge in [-0.05, 0) is 103 Å². The van der Waals surface area contributed by atoms with Gasteiger partial charge >= 0.3 is 0 Å². The Hall–Kier alpha value is -3.81. The van der Waals surface area contributed by atoms with Crippen LogP contribution in [0.15, 0.2) is 122 Å². The van der Waals surface area contributed by atoms with Crippen LogP contribution in [0.2, 0.25) is 0 Å². The Bertz CT molecular complexity index is 2190. The third-order valence-electron chi connectivity index (χ3n) is 17.2. The number of carbonyl (C=O) groups excluding carboxylic acids is 1. The zero-order valence-corrected chi connectivity index (χ0v) is 57.6. The number of nitrogens with one attached hydrogen (secondary N) is 1. The van der Waals surface area contributed by atoms with E-state index < -0.39 is 124 Å². The first-order chi connectivity index (χ1) is 46.3. The lowest BCUT2D eigenvalue weighted by atomic mass is 9.96. The van der Waals surface area contributed by atoms with Crippen LogP contribution in [-0.4, -0.2) is 193 Å². The summed E-state index contributed by atoms with van der Waals surface area (Å²) in [5, 5.41) is 121. The molecule has 0 radical (unpaired) electrons. The number of unbranched alkanes of at least 4 members (excludes halogenated alkanes) is 20. The zero-order valence-electron chi connectivity index (χ0n) is 57.6. The molecule has 95 heavy (non-hydrogen) atoms. The van der Waals surface area contributed by atoms with Crippen LogP contribution in [0.3, 0.4) is 0 Å². The van der Waals surface area contributed by atoms with Crippen molar-refractivity contribution in [2.75, 3.05) is 26.4 Å². The topological polar surface area (TPSA) is 307 Å². The number of carbonyl (C=O) groups is 1. The van der Waals surface area contributed by atoms with Crippen molar-refractivity contribution in [2.24, 2.45) is 0 Å². The molecule has 0 spiro atoms. The Balaban J connectivity index is 1.46. The number of hydrogen-bond donors (Lipinski definition) is 12. The summed E-state index contributed by atoms with van der Waals surface area (Å²) in [6.07, 6.45) is 50.2. The van der Waals surface area contributed by atoms with E-state index in [2.05, 4.69) is 129 Å². The number of ether oxygens (including phenoxy) is 6. The maximum atomic E-state index is 13.4. The summed E-state index contributed by atoms with van der Waals surface area (Å²) in [5.74, 6) is -0.313. The van der Waals surface area contributed by atoms with Gasteiger partial charge in [-0.1, -0.05) is 232 Å². The first-order valence-corrected chi connectivity index (χ1v) is 36.3. The molecule has 17 atom stereocenters. The molecule has 0 bridgehead atoms. The van der Waals surface area contributed by atoms with Crippen molar-refractivity contribution in [1.29, 1.82) is 0 Å². The number of aliphatic hydroxyl groups excluding tert-OH is 11. The predicted octanol–water partition coefficient (Wildman–Crippen LogP) is 10.4. The highest BCUT2D eigenvalue weighted by Crippen LogP contribution is 2.33. The molecule has 3 aliphatic heterocycles. The van der Waals surface area contributed by atoms with Gasteiger partial charge in [0.25, 0.3) is 0 Å². The average Bonchev–Trinajstić information content (AvgIpc) is 0.787. The summed E-state index contributed by atoms with van der Waals surface area (Å²) in [7, 11) is 0. The number of aliphatic hydroxyl groups is 11. The van der Waals surface area contributed by atoms with E-state index in [-0.39, 0.29) is 18.9 Å². The molecule has 0 aromatic carbocycles. The molecule has 19 heteroatoms. The molecule has 0 aromatic rings. The van der Waals surface area contributed by atoms with Gasteiger partial charge in [-0.3, -0.25) is 4.79 Å². The lowest BCUT2D eigenvalue weighted by molar-refractivity contribution is -0.379. The molecule has 0 aromatic heterocycles. The quantitative estimate of drug-likeness (QED) is 0.0199. The molecule has 544 valence electrons. The van der Waals surface area contributed by atoms with Crippen LogP contribution in [-0.2, 0) is 33.2 Å². The van der Waals surface area contributed by atoms with Gasteiger partial charge < -0.3 is 89.9 Å². The molecule has 0 aliphatic carbocycles. The predicted molar refractivity (Wildman–Crippen MR) is 373 cm³/mol. The lowest BCUT2D eigenvalue weighted by Crippen LogP contribution is -2.66. The highest BCUT2D eigenvalue weighted by atomic mass is 16.8. The van der Waals surface area contributed by atoms with E-state index in [0.29, 0.717) is 12.8 Å².